The van der Waals surface area contributed by atoms with Crippen molar-refractivity contribution in [3.63, 3.8) is 0 Å². The number of amidine groups is 1. The highest BCUT2D eigenvalue weighted by molar-refractivity contribution is 5.80. The quantitative estimate of drug-likeness (QED) is 0.260. The lowest BCUT2D eigenvalue weighted by molar-refractivity contribution is 0.227. The van der Waals surface area contributed by atoms with E-state index in [0.29, 0.717) is 6.42 Å². The van der Waals surface area contributed by atoms with Gasteiger partial charge in [-0.1, -0.05) is 19.0 Å². The standard InChI is InChI=1S/C11H26N4O/c1-9(6-10(12)14-16)13-7-11(2,3)8-15(4)5/h9,13,16H,6-8H2,1-5H3,(H2,12,14). The Balaban J connectivity index is 3.94. The van der Waals surface area contributed by atoms with Gasteiger partial charge in [0.15, 0.2) is 0 Å². The van der Waals surface area contributed by atoms with Crippen LogP contribution in [-0.2, 0) is 0 Å². The molecule has 5 nitrogen and oxygen atoms in total. The van der Waals surface area contributed by atoms with Crippen LogP contribution >= 0.6 is 0 Å². The second-order valence-corrected chi connectivity index (χ2v) is 5.48. The van der Waals surface area contributed by atoms with Gasteiger partial charge in [0.2, 0.25) is 0 Å². The molecule has 0 aliphatic carbocycles. The van der Waals surface area contributed by atoms with Crippen molar-refractivity contribution in [3.05, 3.63) is 0 Å². The third-order valence-electron chi connectivity index (χ3n) is 2.32. The molecule has 0 aromatic rings. The lowest BCUT2D eigenvalue weighted by Crippen LogP contribution is -2.42. The van der Waals surface area contributed by atoms with Crippen LogP contribution in [0.5, 0.6) is 0 Å². The molecule has 5 heteroatoms. The summed E-state index contributed by atoms with van der Waals surface area (Å²) in [4.78, 5) is 2.18. The largest absolute Gasteiger partial charge is 0.409 e. The van der Waals surface area contributed by atoms with E-state index in [2.05, 4.69) is 43.3 Å². The van der Waals surface area contributed by atoms with E-state index in [-0.39, 0.29) is 17.3 Å². The van der Waals surface area contributed by atoms with Gasteiger partial charge >= 0.3 is 0 Å². The van der Waals surface area contributed by atoms with Gasteiger partial charge in [-0.2, -0.15) is 0 Å². The molecule has 1 unspecified atom stereocenters. The van der Waals surface area contributed by atoms with Crippen LogP contribution in [0.25, 0.3) is 0 Å². The molecule has 0 aliphatic rings. The predicted octanol–water partition coefficient (Wildman–Crippen LogP) is 0.689. The van der Waals surface area contributed by atoms with Crippen molar-refractivity contribution in [2.24, 2.45) is 16.3 Å². The van der Waals surface area contributed by atoms with E-state index in [1.54, 1.807) is 0 Å². The first kappa shape index (κ1) is 15.2. The minimum Gasteiger partial charge on any atom is -0.409 e. The summed E-state index contributed by atoms with van der Waals surface area (Å²) >= 11 is 0. The van der Waals surface area contributed by atoms with E-state index in [9.17, 15) is 0 Å². The summed E-state index contributed by atoms with van der Waals surface area (Å²) in [6, 6.07) is 0.220. The van der Waals surface area contributed by atoms with Crippen LogP contribution in [0, 0.1) is 5.41 Å². The van der Waals surface area contributed by atoms with E-state index in [0.717, 1.165) is 13.1 Å². The second kappa shape index (κ2) is 6.70. The molecule has 0 spiro atoms. The normalized spacial score (nSPS) is 15.5. The molecule has 0 rings (SSSR count). The van der Waals surface area contributed by atoms with E-state index in [1.165, 1.54) is 0 Å². The summed E-state index contributed by atoms with van der Waals surface area (Å²) in [5.74, 6) is 0.269. The number of nitrogens with two attached hydrogens (primary N) is 1. The molecule has 0 heterocycles. The first-order valence-corrected chi connectivity index (χ1v) is 5.61. The van der Waals surface area contributed by atoms with Crippen LogP contribution in [0.1, 0.15) is 27.2 Å². The monoisotopic (exact) mass is 230 g/mol. The molecule has 0 aliphatic heterocycles. The summed E-state index contributed by atoms with van der Waals surface area (Å²) in [7, 11) is 4.14. The highest BCUT2D eigenvalue weighted by Crippen LogP contribution is 2.14. The van der Waals surface area contributed by atoms with Gasteiger partial charge in [0.05, 0.1) is 0 Å². The maximum atomic E-state index is 8.46. The van der Waals surface area contributed by atoms with E-state index < -0.39 is 0 Å². The predicted molar refractivity (Wildman–Crippen MR) is 67.8 cm³/mol. The molecule has 0 fully saturated rings. The molecule has 0 bridgehead atoms. The molecular weight excluding hydrogens is 204 g/mol. The smallest absolute Gasteiger partial charge is 0.140 e. The van der Waals surface area contributed by atoms with Gasteiger partial charge in [-0.25, -0.2) is 0 Å². The summed E-state index contributed by atoms with van der Waals surface area (Å²) in [5, 5.41) is 14.8. The van der Waals surface area contributed by atoms with Crippen molar-refractivity contribution in [2.75, 3.05) is 27.2 Å². The Morgan fingerprint density at radius 1 is 1.50 bits per heavy atom. The number of rotatable bonds is 7. The van der Waals surface area contributed by atoms with Crippen LogP contribution in [0.3, 0.4) is 0 Å². The minimum absolute atomic E-state index is 0.211. The van der Waals surface area contributed by atoms with Crippen LogP contribution in [0.4, 0.5) is 0 Å². The maximum Gasteiger partial charge on any atom is 0.140 e. The third-order valence-corrected chi connectivity index (χ3v) is 2.32. The van der Waals surface area contributed by atoms with Crippen molar-refractivity contribution in [3.8, 4) is 0 Å². The van der Waals surface area contributed by atoms with E-state index in [1.807, 2.05) is 6.92 Å². The van der Waals surface area contributed by atoms with Crippen molar-refractivity contribution in [1.82, 2.24) is 10.2 Å². The molecule has 0 amide bonds. The first-order chi connectivity index (χ1) is 7.26. The van der Waals surface area contributed by atoms with Gasteiger partial charge in [-0.3, -0.25) is 0 Å². The van der Waals surface area contributed by atoms with E-state index in [4.69, 9.17) is 10.9 Å². The Hall–Kier alpha value is -0.810. The Morgan fingerprint density at radius 3 is 2.50 bits per heavy atom. The SMILES string of the molecule is CC(CC(N)=NO)NCC(C)(C)CN(C)C. The lowest BCUT2D eigenvalue weighted by atomic mass is 9.92. The minimum atomic E-state index is 0.211. The van der Waals surface area contributed by atoms with Crippen LogP contribution in [0.2, 0.25) is 0 Å². The number of nitrogens with zero attached hydrogens (tertiary/aromatic N) is 2. The molecule has 0 saturated heterocycles. The molecule has 4 N–H and O–H groups in total. The lowest BCUT2D eigenvalue weighted by Gasteiger charge is -2.30. The zero-order chi connectivity index (χ0) is 12.8. The summed E-state index contributed by atoms with van der Waals surface area (Å²) in [5.41, 5.74) is 5.66. The van der Waals surface area contributed by atoms with Gasteiger partial charge in [-0.15, -0.1) is 0 Å². The highest BCUT2D eigenvalue weighted by Gasteiger charge is 2.19. The van der Waals surface area contributed by atoms with Gasteiger partial charge in [0.25, 0.3) is 0 Å². The van der Waals surface area contributed by atoms with Gasteiger partial charge in [0, 0.05) is 25.6 Å². The van der Waals surface area contributed by atoms with Crippen molar-refractivity contribution < 1.29 is 5.21 Å². The fourth-order valence-corrected chi connectivity index (χ4v) is 1.79. The maximum absolute atomic E-state index is 8.46. The molecule has 0 aromatic heterocycles. The van der Waals surface area contributed by atoms with Crippen molar-refractivity contribution in [2.45, 2.75) is 33.2 Å². The first-order valence-electron chi connectivity index (χ1n) is 5.61. The highest BCUT2D eigenvalue weighted by atomic mass is 16.4. The average Bonchev–Trinajstić information content (AvgIpc) is 2.13. The molecule has 96 valence electrons. The van der Waals surface area contributed by atoms with Crippen molar-refractivity contribution >= 4 is 5.84 Å². The Bertz CT molecular complexity index is 226. The third kappa shape index (κ3) is 7.48. The summed E-state index contributed by atoms with van der Waals surface area (Å²) < 4.78 is 0. The number of hydrogen-bond acceptors (Lipinski definition) is 4. The molecule has 0 radical (unpaired) electrons. The number of hydrogen-bond donors (Lipinski definition) is 3. The molecule has 0 aromatic carbocycles. The zero-order valence-corrected chi connectivity index (χ0v) is 11.1. The Kier molecular flexibility index (Phi) is 6.36. The molecule has 16 heavy (non-hydrogen) atoms. The topological polar surface area (TPSA) is 73.9 Å². The van der Waals surface area contributed by atoms with Gasteiger partial charge in [0.1, 0.15) is 5.84 Å². The fourth-order valence-electron chi connectivity index (χ4n) is 1.79. The molecule has 1 atom stereocenters. The Morgan fingerprint density at radius 2 is 2.06 bits per heavy atom. The second-order valence-electron chi connectivity index (χ2n) is 5.48. The zero-order valence-electron chi connectivity index (χ0n) is 11.1. The van der Waals surface area contributed by atoms with Crippen LogP contribution < -0.4 is 11.1 Å². The van der Waals surface area contributed by atoms with Gasteiger partial charge < -0.3 is 21.2 Å². The fraction of sp³-hybridized carbons (Fsp3) is 0.909. The van der Waals surface area contributed by atoms with E-state index >= 15 is 0 Å². The Labute approximate surface area is 98.7 Å². The average molecular weight is 230 g/mol. The molecule has 0 saturated carbocycles. The number of oxime groups is 1. The van der Waals surface area contributed by atoms with Crippen LogP contribution in [0.15, 0.2) is 5.16 Å². The van der Waals surface area contributed by atoms with Gasteiger partial charge in [-0.05, 0) is 26.4 Å². The summed E-state index contributed by atoms with van der Waals surface area (Å²) in [6.07, 6.45) is 0.564. The summed E-state index contributed by atoms with van der Waals surface area (Å²) in [6.45, 7) is 8.40. The van der Waals surface area contributed by atoms with Crippen molar-refractivity contribution in [1.29, 1.82) is 0 Å². The number of nitrogens with one attached hydrogen (secondary N) is 1. The molecular formula is C11H26N4O. The van der Waals surface area contributed by atoms with Crippen LogP contribution in [-0.4, -0.2) is 49.2 Å².